The number of urea groups is 1. The Kier molecular flexibility index (Phi) is 6.66. The molecule has 158 valence electrons. The molecule has 1 aromatic rings. The molecule has 8 nitrogen and oxygen atoms in total. The summed E-state index contributed by atoms with van der Waals surface area (Å²) < 4.78 is 4.96. The quantitative estimate of drug-likeness (QED) is 0.538. The third kappa shape index (κ3) is 6.04. The smallest absolute Gasteiger partial charge is 0.325 e. The van der Waals surface area contributed by atoms with Crippen molar-refractivity contribution in [2.45, 2.75) is 58.4 Å². The van der Waals surface area contributed by atoms with Gasteiger partial charge in [0.15, 0.2) is 6.61 Å². The second kappa shape index (κ2) is 8.63. The Morgan fingerprint density at radius 3 is 2.28 bits per heavy atom. The standard InChI is InChI=1S/C21H29N3O5/c1-20(2,3)14-8-10-15(11-9-14)22-16(25)13-29-17(26)7-6-12-24-18(27)21(4,5)23-19(24)28/h8-11H,6-7,12-13H2,1-5H3,(H,22,25)(H,23,28). The molecular formula is C21H29N3O5. The predicted octanol–water partition coefficient (Wildman–Crippen LogP) is 2.58. The van der Waals surface area contributed by atoms with Gasteiger partial charge in [-0.3, -0.25) is 19.3 Å². The van der Waals surface area contributed by atoms with Crippen LogP contribution in [-0.4, -0.2) is 47.4 Å². The molecule has 1 fully saturated rings. The zero-order valence-electron chi connectivity index (χ0n) is 17.6. The third-order valence-corrected chi connectivity index (χ3v) is 4.61. The van der Waals surface area contributed by atoms with E-state index in [0.717, 1.165) is 10.5 Å². The summed E-state index contributed by atoms with van der Waals surface area (Å²) in [6, 6.07) is 7.03. The van der Waals surface area contributed by atoms with Crippen molar-refractivity contribution in [1.29, 1.82) is 0 Å². The second-order valence-corrected chi connectivity index (χ2v) is 8.65. The van der Waals surface area contributed by atoms with Gasteiger partial charge in [0.2, 0.25) is 0 Å². The van der Waals surface area contributed by atoms with Gasteiger partial charge in [0.05, 0.1) is 0 Å². The Morgan fingerprint density at radius 1 is 1.14 bits per heavy atom. The number of hydrogen-bond acceptors (Lipinski definition) is 5. The molecule has 0 aromatic heterocycles. The topological polar surface area (TPSA) is 105 Å². The molecular weight excluding hydrogens is 374 g/mol. The Balaban J connectivity index is 1.70. The molecule has 0 spiro atoms. The van der Waals surface area contributed by atoms with Crippen molar-refractivity contribution in [3.63, 3.8) is 0 Å². The van der Waals surface area contributed by atoms with Gasteiger partial charge in [-0.25, -0.2) is 4.79 Å². The maximum Gasteiger partial charge on any atom is 0.325 e. The van der Waals surface area contributed by atoms with Crippen molar-refractivity contribution in [2.24, 2.45) is 0 Å². The lowest BCUT2D eigenvalue weighted by molar-refractivity contribution is -0.147. The minimum absolute atomic E-state index is 0.00501. The normalized spacial score (nSPS) is 15.8. The van der Waals surface area contributed by atoms with Crippen LogP contribution in [0.2, 0.25) is 0 Å². The molecule has 1 aliphatic heterocycles. The molecule has 0 radical (unpaired) electrons. The molecule has 4 amide bonds. The number of anilines is 1. The van der Waals surface area contributed by atoms with Gasteiger partial charge in [-0.15, -0.1) is 0 Å². The second-order valence-electron chi connectivity index (χ2n) is 8.65. The fourth-order valence-electron chi connectivity index (χ4n) is 2.87. The molecule has 1 aromatic carbocycles. The first-order chi connectivity index (χ1) is 13.4. The van der Waals surface area contributed by atoms with Gasteiger partial charge in [0.25, 0.3) is 11.8 Å². The van der Waals surface area contributed by atoms with Crippen LogP contribution in [0.15, 0.2) is 24.3 Å². The number of nitrogens with zero attached hydrogens (tertiary/aromatic N) is 1. The van der Waals surface area contributed by atoms with Crippen LogP contribution in [-0.2, 0) is 24.5 Å². The molecule has 29 heavy (non-hydrogen) atoms. The van der Waals surface area contributed by atoms with Crippen molar-refractivity contribution in [3.05, 3.63) is 29.8 Å². The van der Waals surface area contributed by atoms with Crippen LogP contribution in [0, 0.1) is 0 Å². The number of carbonyl (C=O) groups is 4. The van der Waals surface area contributed by atoms with Gasteiger partial charge in [-0.1, -0.05) is 32.9 Å². The fraction of sp³-hybridized carbons (Fsp3) is 0.524. The van der Waals surface area contributed by atoms with E-state index in [0.29, 0.717) is 5.69 Å². The minimum Gasteiger partial charge on any atom is -0.456 e. The number of hydrogen-bond donors (Lipinski definition) is 2. The van der Waals surface area contributed by atoms with E-state index in [1.807, 2.05) is 12.1 Å². The minimum atomic E-state index is -0.930. The third-order valence-electron chi connectivity index (χ3n) is 4.61. The van der Waals surface area contributed by atoms with E-state index < -0.39 is 30.1 Å². The highest BCUT2D eigenvalue weighted by Crippen LogP contribution is 2.23. The first-order valence-corrected chi connectivity index (χ1v) is 9.60. The van der Waals surface area contributed by atoms with Gasteiger partial charge in [0.1, 0.15) is 5.54 Å². The molecule has 0 bridgehead atoms. The van der Waals surface area contributed by atoms with Crippen LogP contribution in [0.4, 0.5) is 10.5 Å². The van der Waals surface area contributed by atoms with Crippen LogP contribution in [0.3, 0.4) is 0 Å². The molecule has 0 atom stereocenters. The summed E-state index contributed by atoms with van der Waals surface area (Å²) in [4.78, 5) is 48.7. The van der Waals surface area contributed by atoms with Gasteiger partial charge >= 0.3 is 12.0 Å². The van der Waals surface area contributed by atoms with Crippen molar-refractivity contribution < 1.29 is 23.9 Å². The lowest BCUT2D eigenvalue weighted by atomic mass is 9.87. The highest BCUT2D eigenvalue weighted by Gasteiger charge is 2.43. The van der Waals surface area contributed by atoms with Crippen molar-refractivity contribution in [2.75, 3.05) is 18.5 Å². The lowest BCUT2D eigenvalue weighted by Crippen LogP contribution is -2.40. The van der Waals surface area contributed by atoms with E-state index >= 15 is 0 Å². The molecule has 0 unspecified atom stereocenters. The molecule has 2 N–H and O–H groups in total. The number of amides is 4. The molecule has 2 rings (SSSR count). The average Bonchev–Trinajstić information content (AvgIpc) is 2.81. The Hall–Kier alpha value is -2.90. The van der Waals surface area contributed by atoms with Gasteiger partial charge in [0, 0.05) is 18.7 Å². The lowest BCUT2D eigenvalue weighted by Gasteiger charge is -2.19. The molecule has 0 aliphatic carbocycles. The monoisotopic (exact) mass is 403 g/mol. The number of imide groups is 1. The summed E-state index contributed by atoms with van der Waals surface area (Å²) in [7, 11) is 0. The van der Waals surface area contributed by atoms with E-state index in [1.54, 1.807) is 26.0 Å². The van der Waals surface area contributed by atoms with E-state index in [9.17, 15) is 19.2 Å². The largest absolute Gasteiger partial charge is 0.456 e. The van der Waals surface area contributed by atoms with E-state index in [4.69, 9.17) is 4.74 Å². The summed E-state index contributed by atoms with van der Waals surface area (Å²) in [5, 5.41) is 5.25. The number of esters is 1. The predicted molar refractivity (Wildman–Crippen MR) is 108 cm³/mol. The molecule has 1 heterocycles. The van der Waals surface area contributed by atoms with E-state index in [1.165, 1.54) is 0 Å². The first-order valence-electron chi connectivity index (χ1n) is 9.60. The Labute approximate surface area is 171 Å². The van der Waals surface area contributed by atoms with Crippen molar-refractivity contribution in [1.82, 2.24) is 10.2 Å². The Morgan fingerprint density at radius 2 is 1.76 bits per heavy atom. The Bertz CT molecular complexity index is 794. The summed E-state index contributed by atoms with van der Waals surface area (Å²) in [5.74, 6) is -1.32. The zero-order valence-corrected chi connectivity index (χ0v) is 17.6. The number of nitrogens with one attached hydrogen (secondary N) is 2. The van der Waals surface area contributed by atoms with E-state index in [-0.39, 0.29) is 30.7 Å². The van der Waals surface area contributed by atoms with Crippen molar-refractivity contribution in [3.8, 4) is 0 Å². The van der Waals surface area contributed by atoms with Crippen LogP contribution in [0.25, 0.3) is 0 Å². The maximum absolute atomic E-state index is 12.1. The SMILES string of the molecule is CC1(C)NC(=O)N(CCCC(=O)OCC(=O)Nc2ccc(C(C)(C)C)cc2)C1=O. The van der Waals surface area contributed by atoms with Gasteiger partial charge in [-0.2, -0.15) is 0 Å². The maximum atomic E-state index is 12.1. The first kappa shape index (κ1) is 22.4. The number of rotatable bonds is 7. The average molecular weight is 403 g/mol. The summed E-state index contributed by atoms with van der Waals surface area (Å²) in [6.45, 7) is 9.28. The highest BCUT2D eigenvalue weighted by atomic mass is 16.5. The fourth-order valence-corrected chi connectivity index (χ4v) is 2.87. The summed E-state index contributed by atoms with van der Waals surface area (Å²) in [5.41, 5.74) is 0.866. The number of benzene rings is 1. The molecule has 0 saturated carbocycles. The van der Waals surface area contributed by atoms with Crippen molar-refractivity contribution >= 4 is 29.5 Å². The summed E-state index contributed by atoms with van der Waals surface area (Å²) in [6.07, 6.45) is 0.273. The molecule has 1 saturated heterocycles. The van der Waals surface area contributed by atoms with Gasteiger partial charge in [-0.05, 0) is 43.4 Å². The highest BCUT2D eigenvalue weighted by molar-refractivity contribution is 6.06. The molecule has 1 aliphatic rings. The summed E-state index contributed by atoms with van der Waals surface area (Å²) >= 11 is 0. The number of carbonyl (C=O) groups excluding carboxylic acids is 4. The van der Waals surface area contributed by atoms with Crippen LogP contribution < -0.4 is 10.6 Å². The van der Waals surface area contributed by atoms with Gasteiger partial charge < -0.3 is 15.4 Å². The molecule has 8 heteroatoms. The van der Waals surface area contributed by atoms with Crippen LogP contribution in [0.1, 0.15) is 53.0 Å². The van der Waals surface area contributed by atoms with Crippen LogP contribution in [0.5, 0.6) is 0 Å². The number of ether oxygens (including phenoxy) is 1. The van der Waals surface area contributed by atoms with E-state index in [2.05, 4.69) is 31.4 Å². The zero-order chi connectivity index (χ0) is 21.8. The van der Waals surface area contributed by atoms with Crippen LogP contribution >= 0.6 is 0 Å².